The molecule has 0 spiro atoms. The Kier molecular flexibility index (Phi) is 4.74. The van der Waals surface area contributed by atoms with E-state index in [-0.39, 0.29) is 0 Å². The van der Waals surface area contributed by atoms with Crippen LogP contribution in [-0.4, -0.2) is 16.3 Å². The van der Waals surface area contributed by atoms with Crippen LogP contribution in [0.5, 0.6) is 0 Å². The largest absolute Gasteiger partial charge is 0.310 e. The number of benzene rings is 1. The number of aromatic nitrogens is 2. The average Bonchev–Trinajstić information content (AvgIpc) is 2.87. The molecule has 1 aromatic heterocycles. The molecule has 2 aromatic rings. The molecule has 19 heavy (non-hydrogen) atoms. The van der Waals surface area contributed by atoms with Gasteiger partial charge in [-0.2, -0.15) is 5.10 Å². The number of aryl methyl sites for hydroxylation is 1. The van der Waals surface area contributed by atoms with E-state index in [1.54, 1.807) is 0 Å². The van der Waals surface area contributed by atoms with Gasteiger partial charge in [0.1, 0.15) is 0 Å². The molecule has 0 aliphatic carbocycles. The quantitative estimate of drug-likeness (QED) is 0.858. The van der Waals surface area contributed by atoms with Crippen LogP contribution in [0.25, 0.3) is 11.1 Å². The van der Waals surface area contributed by atoms with Crippen molar-refractivity contribution in [1.82, 2.24) is 15.1 Å². The first-order chi connectivity index (χ1) is 9.24. The molecule has 0 amide bonds. The molecule has 3 nitrogen and oxygen atoms in total. The zero-order chi connectivity index (χ0) is 13.7. The molecule has 1 heterocycles. The van der Waals surface area contributed by atoms with Crippen molar-refractivity contribution in [3.63, 3.8) is 0 Å². The van der Waals surface area contributed by atoms with Crippen molar-refractivity contribution < 1.29 is 0 Å². The summed E-state index contributed by atoms with van der Waals surface area (Å²) in [7, 11) is 1.95. The zero-order valence-corrected chi connectivity index (χ0v) is 12.1. The summed E-state index contributed by atoms with van der Waals surface area (Å²) in [5, 5.41) is 7.84. The third kappa shape index (κ3) is 3.44. The highest BCUT2D eigenvalue weighted by Gasteiger charge is 2.09. The second-order valence-electron chi connectivity index (χ2n) is 4.94. The summed E-state index contributed by atoms with van der Waals surface area (Å²) >= 11 is 0. The Morgan fingerprint density at radius 1 is 1.26 bits per heavy atom. The lowest BCUT2D eigenvalue weighted by Gasteiger charge is -2.17. The predicted molar refractivity (Wildman–Crippen MR) is 80.0 cm³/mol. The highest BCUT2D eigenvalue weighted by atomic mass is 15.2. The summed E-state index contributed by atoms with van der Waals surface area (Å²) in [5.74, 6) is 0. The number of hydrogen-bond acceptors (Lipinski definition) is 2. The standard InChI is InChI=1S/C16H23N3/c1-4-9-17-16(5-2)14-8-6-7-13(10-14)15-11-18-19(3)12-15/h6-8,10-12,16-17H,4-5,9H2,1-3H3. The van der Waals surface area contributed by atoms with Crippen LogP contribution in [0.2, 0.25) is 0 Å². The zero-order valence-electron chi connectivity index (χ0n) is 12.1. The van der Waals surface area contributed by atoms with E-state index in [1.807, 2.05) is 17.9 Å². The van der Waals surface area contributed by atoms with Crippen LogP contribution < -0.4 is 5.32 Å². The third-order valence-corrected chi connectivity index (χ3v) is 3.38. The minimum Gasteiger partial charge on any atom is -0.310 e. The van der Waals surface area contributed by atoms with E-state index in [9.17, 15) is 0 Å². The van der Waals surface area contributed by atoms with Crippen LogP contribution in [0.4, 0.5) is 0 Å². The van der Waals surface area contributed by atoms with Gasteiger partial charge in [-0.25, -0.2) is 0 Å². The summed E-state index contributed by atoms with van der Waals surface area (Å²) in [6.45, 7) is 5.49. The van der Waals surface area contributed by atoms with Crippen molar-refractivity contribution in [1.29, 1.82) is 0 Å². The molecule has 0 radical (unpaired) electrons. The van der Waals surface area contributed by atoms with Crippen LogP contribution in [0.3, 0.4) is 0 Å². The first kappa shape index (κ1) is 13.8. The van der Waals surface area contributed by atoms with Gasteiger partial charge in [-0.1, -0.05) is 32.0 Å². The highest BCUT2D eigenvalue weighted by Crippen LogP contribution is 2.24. The van der Waals surface area contributed by atoms with Crippen molar-refractivity contribution in [2.24, 2.45) is 7.05 Å². The Bertz CT molecular complexity index is 516. The molecule has 0 saturated carbocycles. The van der Waals surface area contributed by atoms with E-state index in [4.69, 9.17) is 0 Å². The summed E-state index contributed by atoms with van der Waals surface area (Å²) in [6.07, 6.45) is 6.24. The van der Waals surface area contributed by atoms with Crippen LogP contribution >= 0.6 is 0 Å². The van der Waals surface area contributed by atoms with E-state index >= 15 is 0 Å². The topological polar surface area (TPSA) is 29.9 Å². The molecule has 1 aromatic carbocycles. The van der Waals surface area contributed by atoms with E-state index in [0.29, 0.717) is 6.04 Å². The maximum absolute atomic E-state index is 4.24. The van der Waals surface area contributed by atoms with Gasteiger partial charge in [0.15, 0.2) is 0 Å². The van der Waals surface area contributed by atoms with Gasteiger partial charge in [0.25, 0.3) is 0 Å². The molecule has 1 unspecified atom stereocenters. The van der Waals surface area contributed by atoms with Gasteiger partial charge in [-0.15, -0.1) is 0 Å². The Morgan fingerprint density at radius 2 is 2.11 bits per heavy atom. The second kappa shape index (κ2) is 6.53. The average molecular weight is 257 g/mol. The smallest absolute Gasteiger partial charge is 0.0568 e. The SMILES string of the molecule is CCCNC(CC)c1cccc(-c2cnn(C)c2)c1. The molecule has 0 aliphatic heterocycles. The Morgan fingerprint density at radius 3 is 2.74 bits per heavy atom. The van der Waals surface area contributed by atoms with Crippen molar-refractivity contribution in [2.75, 3.05) is 6.54 Å². The van der Waals surface area contributed by atoms with Crippen LogP contribution in [0, 0.1) is 0 Å². The lowest BCUT2D eigenvalue weighted by atomic mass is 9.99. The summed E-state index contributed by atoms with van der Waals surface area (Å²) < 4.78 is 1.84. The summed E-state index contributed by atoms with van der Waals surface area (Å²) in [6, 6.07) is 9.20. The third-order valence-electron chi connectivity index (χ3n) is 3.38. The molecule has 0 fully saturated rings. The van der Waals surface area contributed by atoms with Gasteiger partial charge in [0, 0.05) is 24.8 Å². The van der Waals surface area contributed by atoms with Gasteiger partial charge < -0.3 is 5.32 Å². The van der Waals surface area contributed by atoms with Gasteiger partial charge >= 0.3 is 0 Å². The number of rotatable bonds is 6. The van der Waals surface area contributed by atoms with Gasteiger partial charge in [0.05, 0.1) is 6.20 Å². The monoisotopic (exact) mass is 257 g/mol. The summed E-state index contributed by atoms with van der Waals surface area (Å²) in [5.41, 5.74) is 3.77. The van der Waals surface area contributed by atoms with Gasteiger partial charge in [-0.05, 0) is 36.6 Å². The maximum atomic E-state index is 4.24. The second-order valence-corrected chi connectivity index (χ2v) is 4.94. The Balaban J connectivity index is 2.22. The lowest BCUT2D eigenvalue weighted by Crippen LogP contribution is -2.21. The normalized spacial score (nSPS) is 12.6. The van der Waals surface area contributed by atoms with Crippen LogP contribution in [0.1, 0.15) is 38.3 Å². The van der Waals surface area contributed by atoms with Crippen molar-refractivity contribution in [3.05, 3.63) is 42.2 Å². The predicted octanol–water partition coefficient (Wildman–Crippen LogP) is 3.54. The first-order valence-corrected chi connectivity index (χ1v) is 7.07. The minimum absolute atomic E-state index is 0.441. The molecular weight excluding hydrogens is 234 g/mol. The number of hydrogen-bond donors (Lipinski definition) is 1. The fraction of sp³-hybridized carbons (Fsp3) is 0.438. The Hall–Kier alpha value is -1.61. The van der Waals surface area contributed by atoms with Crippen molar-refractivity contribution in [2.45, 2.75) is 32.7 Å². The fourth-order valence-corrected chi connectivity index (χ4v) is 2.32. The van der Waals surface area contributed by atoms with Crippen LogP contribution in [-0.2, 0) is 7.05 Å². The highest BCUT2D eigenvalue weighted by molar-refractivity contribution is 5.62. The summed E-state index contributed by atoms with van der Waals surface area (Å²) in [4.78, 5) is 0. The van der Waals surface area contributed by atoms with E-state index in [2.05, 4.69) is 54.7 Å². The fourth-order valence-electron chi connectivity index (χ4n) is 2.32. The molecule has 0 bridgehead atoms. The molecule has 0 aliphatic rings. The van der Waals surface area contributed by atoms with Crippen LogP contribution in [0.15, 0.2) is 36.7 Å². The van der Waals surface area contributed by atoms with E-state index < -0.39 is 0 Å². The molecule has 0 saturated heterocycles. The molecular formula is C16H23N3. The van der Waals surface area contributed by atoms with E-state index in [1.165, 1.54) is 23.1 Å². The van der Waals surface area contributed by atoms with E-state index in [0.717, 1.165) is 13.0 Å². The van der Waals surface area contributed by atoms with Crippen molar-refractivity contribution >= 4 is 0 Å². The molecule has 2 rings (SSSR count). The van der Waals surface area contributed by atoms with Gasteiger partial charge in [0.2, 0.25) is 0 Å². The first-order valence-electron chi connectivity index (χ1n) is 7.07. The van der Waals surface area contributed by atoms with Gasteiger partial charge in [-0.3, -0.25) is 4.68 Å². The molecule has 3 heteroatoms. The lowest BCUT2D eigenvalue weighted by molar-refractivity contribution is 0.518. The number of nitrogens with one attached hydrogen (secondary N) is 1. The number of nitrogens with zero attached hydrogens (tertiary/aromatic N) is 2. The molecule has 102 valence electrons. The molecule has 1 N–H and O–H groups in total. The Labute approximate surface area is 115 Å². The van der Waals surface area contributed by atoms with Crippen molar-refractivity contribution in [3.8, 4) is 11.1 Å². The molecule has 1 atom stereocenters. The minimum atomic E-state index is 0.441. The maximum Gasteiger partial charge on any atom is 0.0568 e.